The molecule has 0 saturated carbocycles. The average Bonchev–Trinajstić information content (AvgIpc) is 2.80. The average molecular weight is 276 g/mol. The lowest BCUT2D eigenvalue weighted by molar-refractivity contribution is 0.422. The molecule has 1 unspecified atom stereocenters. The zero-order valence-corrected chi connectivity index (χ0v) is 13.7. The molecule has 0 bridgehead atoms. The highest BCUT2D eigenvalue weighted by Gasteiger charge is 2.29. The fraction of sp³-hybridized carbons (Fsp3) is 0.750. The van der Waals surface area contributed by atoms with Gasteiger partial charge in [0.1, 0.15) is 17.5 Å². The molecule has 1 aliphatic rings. The molecule has 1 fully saturated rings. The third kappa shape index (κ3) is 2.89. The maximum atomic E-state index is 6.10. The summed E-state index contributed by atoms with van der Waals surface area (Å²) in [5.74, 6) is 3.97. The van der Waals surface area contributed by atoms with E-state index in [0.29, 0.717) is 5.82 Å². The number of anilines is 2. The molecule has 1 aliphatic heterocycles. The number of hydrogen-bond donors (Lipinski definition) is 1. The Morgan fingerprint density at radius 2 is 1.90 bits per heavy atom. The molecule has 0 radical (unpaired) electrons. The molecule has 1 saturated heterocycles. The highest BCUT2D eigenvalue weighted by atomic mass is 15.2. The van der Waals surface area contributed by atoms with Crippen molar-refractivity contribution in [3.63, 3.8) is 0 Å². The summed E-state index contributed by atoms with van der Waals surface area (Å²) in [5.41, 5.74) is 7.04. The normalized spacial score (nSPS) is 19.9. The lowest BCUT2D eigenvalue weighted by atomic mass is 9.95. The number of nitrogens with zero attached hydrogens (tertiary/aromatic N) is 3. The van der Waals surface area contributed by atoms with Gasteiger partial charge in [0.05, 0.1) is 0 Å². The van der Waals surface area contributed by atoms with Crippen LogP contribution in [0.2, 0.25) is 0 Å². The van der Waals surface area contributed by atoms with Crippen molar-refractivity contribution in [2.75, 3.05) is 23.7 Å². The van der Waals surface area contributed by atoms with E-state index in [-0.39, 0.29) is 5.41 Å². The summed E-state index contributed by atoms with van der Waals surface area (Å²) >= 11 is 0. The first-order valence-corrected chi connectivity index (χ1v) is 7.59. The van der Waals surface area contributed by atoms with Crippen LogP contribution in [0, 0.1) is 18.8 Å². The van der Waals surface area contributed by atoms with Crippen molar-refractivity contribution in [1.82, 2.24) is 9.97 Å². The molecule has 0 aliphatic carbocycles. The Balaban J connectivity index is 2.35. The largest absolute Gasteiger partial charge is 0.383 e. The quantitative estimate of drug-likeness (QED) is 0.901. The zero-order chi connectivity index (χ0) is 15.1. The van der Waals surface area contributed by atoms with Gasteiger partial charge in [0.15, 0.2) is 0 Å². The molecule has 1 aromatic rings. The van der Waals surface area contributed by atoms with Crippen LogP contribution in [0.3, 0.4) is 0 Å². The smallest absolute Gasteiger partial charge is 0.138 e. The Morgan fingerprint density at radius 1 is 1.25 bits per heavy atom. The van der Waals surface area contributed by atoms with Crippen molar-refractivity contribution in [2.45, 2.75) is 53.4 Å². The van der Waals surface area contributed by atoms with Crippen molar-refractivity contribution < 1.29 is 0 Å². The van der Waals surface area contributed by atoms with Crippen molar-refractivity contribution in [3.05, 3.63) is 11.4 Å². The molecule has 0 amide bonds. The van der Waals surface area contributed by atoms with Crippen LogP contribution in [0.4, 0.5) is 11.6 Å². The van der Waals surface area contributed by atoms with E-state index >= 15 is 0 Å². The number of hydrogen-bond acceptors (Lipinski definition) is 4. The number of nitrogen functional groups attached to an aromatic ring is 1. The maximum absolute atomic E-state index is 6.10. The third-order valence-electron chi connectivity index (χ3n) is 4.30. The first kappa shape index (κ1) is 15.1. The van der Waals surface area contributed by atoms with Gasteiger partial charge in [0.2, 0.25) is 0 Å². The minimum absolute atomic E-state index is 0.0757. The van der Waals surface area contributed by atoms with Gasteiger partial charge in [0, 0.05) is 24.1 Å². The minimum atomic E-state index is -0.0757. The van der Waals surface area contributed by atoms with Crippen molar-refractivity contribution in [2.24, 2.45) is 11.8 Å². The molecule has 4 heteroatoms. The second-order valence-electron chi connectivity index (χ2n) is 7.37. The number of rotatable bonds is 2. The van der Waals surface area contributed by atoms with Crippen LogP contribution < -0.4 is 10.6 Å². The molecule has 4 nitrogen and oxygen atoms in total. The molecule has 2 heterocycles. The second kappa shape index (κ2) is 5.23. The van der Waals surface area contributed by atoms with Crippen LogP contribution >= 0.6 is 0 Å². The van der Waals surface area contributed by atoms with Crippen LogP contribution in [-0.4, -0.2) is 23.1 Å². The van der Waals surface area contributed by atoms with E-state index in [0.717, 1.165) is 42.1 Å². The Hall–Kier alpha value is -1.32. The van der Waals surface area contributed by atoms with E-state index < -0.39 is 0 Å². The van der Waals surface area contributed by atoms with Gasteiger partial charge in [-0.15, -0.1) is 0 Å². The topological polar surface area (TPSA) is 55.0 Å². The van der Waals surface area contributed by atoms with E-state index in [4.69, 9.17) is 10.7 Å². The van der Waals surface area contributed by atoms with Gasteiger partial charge in [-0.3, -0.25) is 0 Å². The van der Waals surface area contributed by atoms with Crippen molar-refractivity contribution >= 4 is 11.6 Å². The van der Waals surface area contributed by atoms with E-state index in [1.54, 1.807) is 0 Å². The first-order chi connectivity index (χ1) is 9.20. The van der Waals surface area contributed by atoms with Crippen LogP contribution in [0.1, 0.15) is 52.4 Å². The monoisotopic (exact) mass is 276 g/mol. The van der Waals surface area contributed by atoms with Gasteiger partial charge in [-0.1, -0.05) is 34.6 Å². The number of nitrogens with two attached hydrogens (primary N) is 1. The second-order valence-corrected chi connectivity index (χ2v) is 7.37. The molecule has 112 valence electrons. The Kier molecular flexibility index (Phi) is 3.94. The Bertz CT molecular complexity index is 488. The molecule has 20 heavy (non-hydrogen) atoms. The summed E-state index contributed by atoms with van der Waals surface area (Å²) in [5, 5.41) is 0. The third-order valence-corrected chi connectivity index (χ3v) is 4.30. The van der Waals surface area contributed by atoms with Gasteiger partial charge in [-0.25, -0.2) is 9.97 Å². The highest BCUT2D eigenvalue weighted by Crippen LogP contribution is 2.32. The van der Waals surface area contributed by atoms with Crippen LogP contribution in [-0.2, 0) is 5.41 Å². The van der Waals surface area contributed by atoms with E-state index in [9.17, 15) is 0 Å². The van der Waals surface area contributed by atoms with Crippen LogP contribution in [0.5, 0.6) is 0 Å². The first-order valence-electron chi connectivity index (χ1n) is 7.59. The SMILES string of the molecule is Cc1c(N)nc(C(C)(C)C)nc1N1CCC(C(C)C)C1. The zero-order valence-electron chi connectivity index (χ0n) is 13.7. The van der Waals surface area contributed by atoms with Gasteiger partial charge in [-0.05, 0) is 25.2 Å². The van der Waals surface area contributed by atoms with Gasteiger partial charge in [0.25, 0.3) is 0 Å². The fourth-order valence-electron chi connectivity index (χ4n) is 2.69. The maximum Gasteiger partial charge on any atom is 0.138 e. The number of aromatic nitrogens is 2. The van der Waals surface area contributed by atoms with Crippen LogP contribution in [0.15, 0.2) is 0 Å². The minimum Gasteiger partial charge on any atom is -0.383 e. The lowest BCUT2D eigenvalue weighted by Gasteiger charge is -2.25. The highest BCUT2D eigenvalue weighted by molar-refractivity contribution is 5.57. The summed E-state index contributed by atoms with van der Waals surface area (Å²) in [7, 11) is 0. The molecule has 2 rings (SSSR count). The van der Waals surface area contributed by atoms with Crippen LogP contribution in [0.25, 0.3) is 0 Å². The predicted molar refractivity (Wildman–Crippen MR) is 85.0 cm³/mol. The predicted octanol–water partition coefficient (Wildman–Crippen LogP) is 3.15. The Labute approximate surface area is 122 Å². The molecule has 1 aromatic heterocycles. The van der Waals surface area contributed by atoms with E-state index in [1.807, 2.05) is 6.92 Å². The Morgan fingerprint density at radius 3 is 2.40 bits per heavy atom. The molecule has 0 aromatic carbocycles. The van der Waals surface area contributed by atoms with E-state index in [2.05, 4.69) is 44.5 Å². The van der Waals surface area contributed by atoms with E-state index in [1.165, 1.54) is 6.42 Å². The van der Waals surface area contributed by atoms with Crippen molar-refractivity contribution in [3.8, 4) is 0 Å². The molecule has 2 N–H and O–H groups in total. The summed E-state index contributed by atoms with van der Waals surface area (Å²) in [6.45, 7) is 15.2. The summed E-state index contributed by atoms with van der Waals surface area (Å²) in [6, 6.07) is 0. The van der Waals surface area contributed by atoms with Gasteiger partial charge < -0.3 is 10.6 Å². The lowest BCUT2D eigenvalue weighted by Crippen LogP contribution is -2.26. The van der Waals surface area contributed by atoms with Gasteiger partial charge >= 0.3 is 0 Å². The summed E-state index contributed by atoms with van der Waals surface area (Å²) < 4.78 is 0. The molecule has 0 spiro atoms. The standard InChI is InChI=1S/C16H28N4/c1-10(2)12-7-8-20(9-12)14-11(3)13(17)18-15(19-14)16(4,5)6/h10,12H,7-9H2,1-6H3,(H2,17,18,19). The fourth-order valence-corrected chi connectivity index (χ4v) is 2.69. The molecular formula is C16H28N4. The molecular weight excluding hydrogens is 248 g/mol. The molecule has 1 atom stereocenters. The summed E-state index contributed by atoms with van der Waals surface area (Å²) in [6.07, 6.45) is 1.24. The van der Waals surface area contributed by atoms with Gasteiger partial charge in [-0.2, -0.15) is 0 Å². The van der Waals surface area contributed by atoms with Crippen molar-refractivity contribution in [1.29, 1.82) is 0 Å². The summed E-state index contributed by atoms with van der Waals surface area (Å²) in [4.78, 5) is 11.7.